The predicted molar refractivity (Wildman–Crippen MR) is 57.6 cm³/mol. The van der Waals surface area contributed by atoms with E-state index in [1.807, 2.05) is 19.2 Å². The Balaban J connectivity index is 2.28. The monoisotopic (exact) mass is 213 g/mol. The van der Waals surface area contributed by atoms with Gasteiger partial charge in [-0.15, -0.1) is 11.3 Å². The highest BCUT2D eigenvalue weighted by Gasteiger charge is 2.08. The van der Waals surface area contributed by atoms with Gasteiger partial charge in [-0.3, -0.25) is 0 Å². The van der Waals surface area contributed by atoms with Crippen LogP contribution in [0.1, 0.15) is 24.8 Å². The van der Waals surface area contributed by atoms with Crippen molar-refractivity contribution in [3.63, 3.8) is 0 Å². The van der Waals surface area contributed by atoms with E-state index in [9.17, 15) is 4.79 Å². The minimum absolute atomic E-state index is 0.115. The molecule has 1 unspecified atom stereocenters. The van der Waals surface area contributed by atoms with Crippen LogP contribution in [0.25, 0.3) is 0 Å². The third kappa shape index (κ3) is 3.33. The van der Waals surface area contributed by atoms with Crippen molar-refractivity contribution in [2.24, 2.45) is 0 Å². The summed E-state index contributed by atoms with van der Waals surface area (Å²) in [6.45, 7) is 5.21. The number of urea groups is 1. The Kier molecular flexibility index (Phi) is 4.39. The van der Waals surface area contributed by atoms with Gasteiger partial charge in [0.25, 0.3) is 0 Å². The molecule has 1 rings (SSSR count). The van der Waals surface area contributed by atoms with Gasteiger partial charge in [-0.05, 0) is 6.92 Å². The molecule has 1 aromatic rings. The minimum atomic E-state index is -0.115. The molecule has 0 aromatic carbocycles. The number of nitrogens with zero attached hydrogens (tertiary/aromatic N) is 1. The topological polar surface area (TPSA) is 54.0 Å². The quantitative estimate of drug-likeness (QED) is 0.797. The number of carbonyl (C=O) groups excluding carboxylic acids is 1. The lowest BCUT2D eigenvalue weighted by Gasteiger charge is -2.09. The Morgan fingerprint density at radius 2 is 2.43 bits per heavy atom. The molecule has 14 heavy (non-hydrogen) atoms. The number of rotatable bonds is 4. The molecular formula is C9H15N3OS. The maximum atomic E-state index is 11.1. The average Bonchev–Trinajstić information content (AvgIpc) is 2.67. The van der Waals surface area contributed by atoms with Gasteiger partial charge in [0.05, 0.1) is 5.01 Å². The molecule has 0 fully saturated rings. The van der Waals surface area contributed by atoms with Crippen molar-refractivity contribution in [1.29, 1.82) is 0 Å². The highest BCUT2D eigenvalue weighted by Crippen LogP contribution is 2.15. The van der Waals surface area contributed by atoms with Gasteiger partial charge in [0.2, 0.25) is 0 Å². The molecule has 0 radical (unpaired) electrons. The molecule has 1 aromatic heterocycles. The van der Waals surface area contributed by atoms with Crippen LogP contribution in [0.15, 0.2) is 11.6 Å². The second-order valence-corrected chi connectivity index (χ2v) is 3.94. The Labute approximate surface area is 87.7 Å². The van der Waals surface area contributed by atoms with Crippen LogP contribution in [0, 0.1) is 0 Å². The first-order valence-electron chi connectivity index (χ1n) is 4.65. The summed E-state index contributed by atoms with van der Waals surface area (Å²) in [6.07, 6.45) is 1.78. The van der Waals surface area contributed by atoms with Crippen LogP contribution in [-0.4, -0.2) is 24.1 Å². The van der Waals surface area contributed by atoms with E-state index in [0.717, 1.165) is 5.01 Å². The summed E-state index contributed by atoms with van der Waals surface area (Å²) in [5.74, 6) is 0.276. The normalized spacial score (nSPS) is 12.1. The molecule has 2 N–H and O–H groups in total. The van der Waals surface area contributed by atoms with Gasteiger partial charge in [-0.1, -0.05) is 6.92 Å². The van der Waals surface area contributed by atoms with Crippen LogP contribution in [0.2, 0.25) is 0 Å². The molecule has 5 heteroatoms. The Bertz CT molecular complexity index is 274. The fourth-order valence-corrected chi connectivity index (χ4v) is 1.73. The first-order valence-corrected chi connectivity index (χ1v) is 5.53. The van der Waals surface area contributed by atoms with E-state index in [4.69, 9.17) is 0 Å². The van der Waals surface area contributed by atoms with Crippen molar-refractivity contribution in [3.8, 4) is 0 Å². The average molecular weight is 213 g/mol. The van der Waals surface area contributed by atoms with Gasteiger partial charge in [0, 0.05) is 30.6 Å². The van der Waals surface area contributed by atoms with Crippen LogP contribution in [0.4, 0.5) is 4.79 Å². The second kappa shape index (κ2) is 5.59. The van der Waals surface area contributed by atoms with Gasteiger partial charge < -0.3 is 10.6 Å². The Hall–Kier alpha value is -1.10. The number of amides is 2. The van der Waals surface area contributed by atoms with Gasteiger partial charge in [-0.2, -0.15) is 0 Å². The summed E-state index contributed by atoms with van der Waals surface area (Å²) < 4.78 is 0. The van der Waals surface area contributed by atoms with E-state index in [-0.39, 0.29) is 11.9 Å². The lowest BCUT2D eigenvalue weighted by atomic mass is 10.2. The van der Waals surface area contributed by atoms with Crippen molar-refractivity contribution < 1.29 is 4.79 Å². The minimum Gasteiger partial charge on any atom is -0.338 e. The molecule has 78 valence electrons. The van der Waals surface area contributed by atoms with Crippen molar-refractivity contribution >= 4 is 17.4 Å². The lowest BCUT2D eigenvalue weighted by molar-refractivity contribution is 0.241. The molecule has 1 heterocycles. The van der Waals surface area contributed by atoms with Crippen molar-refractivity contribution in [3.05, 3.63) is 16.6 Å². The summed E-state index contributed by atoms with van der Waals surface area (Å²) in [6, 6.07) is -0.115. The fraction of sp³-hybridized carbons (Fsp3) is 0.556. The summed E-state index contributed by atoms with van der Waals surface area (Å²) in [7, 11) is 0. The third-order valence-corrected chi connectivity index (χ3v) is 2.79. The zero-order chi connectivity index (χ0) is 10.4. The highest BCUT2D eigenvalue weighted by atomic mass is 32.1. The third-order valence-electron chi connectivity index (χ3n) is 1.78. The second-order valence-electron chi connectivity index (χ2n) is 3.01. The van der Waals surface area contributed by atoms with Crippen molar-refractivity contribution in [2.75, 3.05) is 13.1 Å². The number of nitrogens with one attached hydrogen (secondary N) is 2. The van der Waals surface area contributed by atoms with Gasteiger partial charge in [0.1, 0.15) is 0 Å². The zero-order valence-corrected chi connectivity index (χ0v) is 9.23. The maximum absolute atomic E-state index is 11.1. The summed E-state index contributed by atoms with van der Waals surface area (Å²) >= 11 is 1.61. The summed E-state index contributed by atoms with van der Waals surface area (Å²) in [5.41, 5.74) is 0. The summed E-state index contributed by atoms with van der Waals surface area (Å²) in [4.78, 5) is 15.3. The molecule has 1 atom stereocenters. The highest BCUT2D eigenvalue weighted by molar-refractivity contribution is 7.09. The van der Waals surface area contributed by atoms with Crippen LogP contribution in [0.5, 0.6) is 0 Å². The molecule has 0 saturated carbocycles. The van der Waals surface area contributed by atoms with Crippen molar-refractivity contribution in [2.45, 2.75) is 19.8 Å². The van der Waals surface area contributed by atoms with Gasteiger partial charge in [0.15, 0.2) is 0 Å². The molecule has 4 nitrogen and oxygen atoms in total. The molecule has 0 saturated heterocycles. The molecule has 0 aliphatic heterocycles. The van der Waals surface area contributed by atoms with E-state index in [0.29, 0.717) is 13.1 Å². The number of carbonyl (C=O) groups is 1. The SMILES string of the molecule is CCNC(=O)NCC(C)c1nccs1. The van der Waals surface area contributed by atoms with Gasteiger partial charge in [-0.25, -0.2) is 9.78 Å². The fourth-order valence-electron chi connectivity index (χ4n) is 1.03. The number of aromatic nitrogens is 1. The number of hydrogen-bond acceptors (Lipinski definition) is 3. The van der Waals surface area contributed by atoms with Crippen LogP contribution >= 0.6 is 11.3 Å². The van der Waals surface area contributed by atoms with E-state index in [1.54, 1.807) is 17.5 Å². The molecular weight excluding hydrogens is 198 g/mol. The molecule has 0 aliphatic rings. The molecule has 2 amide bonds. The van der Waals surface area contributed by atoms with Gasteiger partial charge >= 0.3 is 6.03 Å². The lowest BCUT2D eigenvalue weighted by Crippen LogP contribution is -2.37. The van der Waals surface area contributed by atoms with E-state index >= 15 is 0 Å². The number of thiazole rings is 1. The Morgan fingerprint density at radius 3 is 3.00 bits per heavy atom. The molecule has 0 spiro atoms. The van der Waals surface area contributed by atoms with Crippen LogP contribution in [-0.2, 0) is 0 Å². The standard InChI is InChI=1S/C9H15N3OS/c1-3-10-9(13)12-6-7(2)8-11-4-5-14-8/h4-5,7H,3,6H2,1-2H3,(H2,10,12,13). The van der Waals surface area contributed by atoms with E-state index < -0.39 is 0 Å². The largest absolute Gasteiger partial charge is 0.338 e. The van der Waals surface area contributed by atoms with E-state index in [1.165, 1.54) is 0 Å². The number of hydrogen-bond donors (Lipinski definition) is 2. The zero-order valence-electron chi connectivity index (χ0n) is 8.41. The molecule has 0 aliphatic carbocycles. The Morgan fingerprint density at radius 1 is 1.64 bits per heavy atom. The first kappa shape index (κ1) is 11.0. The summed E-state index contributed by atoms with van der Waals surface area (Å²) in [5, 5.41) is 8.47. The smallest absolute Gasteiger partial charge is 0.314 e. The van der Waals surface area contributed by atoms with E-state index in [2.05, 4.69) is 15.6 Å². The molecule has 0 bridgehead atoms. The van der Waals surface area contributed by atoms with Crippen LogP contribution in [0.3, 0.4) is 0 Å². The maximum Gasteiger partial charge on any atom is 0.314 e. The van der Waals surface area contributed by atoms with Crippen molar-refractivity contribution in [1.82, 2.24) is 15.6 Å². The van der Waals surface area contributed by atoms with Crippen LogP contribution < -0.4 is 10.6 Å². The predicted octanol–water partition coefficient (Wildman–Crippen LogP) is 1.57. The first-order chi connectivity index (χ1) is 6.74.